The Morgan fingerprint density at radius 3 is 2.52 bits per heavy atom. The van der Waals surface area contributed by atoms with Crippen LogP contribution in [-0.4, -0.2) is 50.0 Å². The molecule has 1 aromatic rings. The van der Waals surface area contributed by atoms with Gasteiger partial charge in [-0.25, -0.2) is 8.42 Å². The topological polar surface area (TPSA) is 102 Å². The van der Waals surface area contributed by atoms with Gasteiger partial charge in [0.15, 0.2) is 5.00 Å². The van der Waals surface area contributed by atoms with Crippen molar-refractivity contribution >= 4 is 32.0 Å². The third kappa shape index (κ3) is 2.52. The number of fused-ring (bicyclic) bond motifs is 2. The van der Waals surface area contributed by atoms with Crippen molar-refractivity contribution in [2.24, 2.45) is 0 Å². The first-order valence-corrected chi connectivity index (χ1v) is 8.79. The van der Waals surface area contributed by atoms with E-state index in [4.69, 9.17) is 4.74 Å². The predicted octanol–water partition coefficient (Wildman–Crippen LogP) is 1.25. The summed E-state index contributed by atoms with van der Waals surface area (Å²) in [7, 11) is -2.17. The summed E-state index contributed by atoms with van der Waals surface area (Å²) in [4.78, 5) is 10.4. The van der Waals surface area contributed by atoms with Gasteiger partial charge in [0, 0.05) is 26.2 Å². The van der Waals surface area contributed by atoms with Gasteiger partial charge >= 0.3 is 5.69 Å². The molecule has 3 rings (SSSR count). The molecule has 0 spiro atoms. The first kappa shape index (κ1) is 14.7. The maximum Gasteiger partial charge on any atom is 0.304 e. The van der Waals surface area contributed by atoms with Crippen LogP contribution in [0.5, 0.6) is 0 Å². The second-order valence-electron chi connectivity index (χ2n) is 5.07. The highest BCUT2D eigenvalue weighted by molar-refractivity contribution is 7.91. The molecule has 21 heavy (non-hydrogen) atoms. The Labute approximate surface area is 125 Å². The second-order valence-corrected chi connectivity index (χ2v) is 8.28. The Balaban J connectivity index is 1.93. The van der Waals surface area contributed by atoms with E-state index in [0.717, 1.165) is 30.2 Å². The van der Waals surface area contributed by atoms with Crippen LogP contribution in [0, 0.1) is 10.1 Å². The second kappa shape index (κ2) is 5.20. The number of hydrogen-bond acceptors (Lipinski definition) is 7. The zero-order chi connectivity index (χ0) is 15.2. The van der Waals surface area contributed by atoms with Crippen LogP contribution >= 0.6 is 11.3 Å². The lowest BCUT2D eigenvalue weighted by Crippen LogP contribution is -2.45. The van der Waals surface area contributed by atoms with Gasteiger partial charge in [-0.2, -0.15) is 4.31 Å². The minimum atomic E-state index is -3.71. The Bertz CT molecular complexity index is 659. The number of morpholine rings is 1. The van der Waals surface area contributed by atoms with Crippen molar-refractivity contribution in [3.8, 4) is 0 Å². The highest BCUT2D eigenvalue weighted by Gasteiger charge is 2.40. The molecule has 1 N–H and O–H groups in total. The van der Waals surface area contributed by atoms with E-state index in [1.807, 2.05) is 0 Å². The van der Waals surface area contributed by atoms with Gasteiger partial charge in [0.25, 0.3) is 10.0 Å². The first-order valence-electron chi connectivity index (χ1n) is 6.53. The van der Waals surface area contributed by atoms with Crippen LogP contribution in [0.2, 0.25) is 0 Å². The van der Waals surface area contributed by atoms with E-state index < -0.39 is 14.9 Å². The Morgan fingerprint density at radius 2 is 2.05 bits per heavy atom. The number of hydrogen-bond donors (Lipinski definition) is 1. The Morgan fingerprint density at radius 1 is 1.43 bits per heavy atom. The molecule has 116 valence electrons. The predicted molar refractivity (Wildman–Crippen MR) is 77.2 cm³/mol. The molecule has 0 radical (unpaired) electrons. The minimum Gasteiger partial charge on any atom is -0.374 e. The molecular weight excluding hydrogens is 318 g/mol. The zero-order valence-corrected chi connectivity index (χ0v) is 12.9. The smallest absolute Gasteiger partial charge is 0.304 e. The minimum absolute atomic E-state index is 0.000139. The fraction of sp³-hybridized carbons (Fsp3) is 0.636. The molecule has 2 aliphatic heterocycles. The average molecular weight is 333 g/mol. The number of ether oxygens (including phenoxy) is 1. The standard InChI is InChI=1S/C11H15N3O5S2/c1-12-11-9(14(15)16)4-10(20-11)21(17,18)13-5-7-2-3-8(6-13)19-7/h4,7-8,12H,2-3,5-6H2,1H3. The van der Waals surface area contributed by atoms with E-state index in [2.05, 4.69) is 5.32 Å². The molecule has 2 unspecified atom stereocenters. The van der Waals surface area contributed by atoms with Gasteiger partial charge < -0.3 is 10.1 Å². The van der Waals surface area contributed by atoms with Crippen molar-refractivity contribution in [3.05, 3.63) is 16.2 Å². The van der Waals surface area contributed by atoms with Gasteiger partial charge in [0.1, 0.15) is 4.21 Å². The molecule has 1 aromatic heterocycles. The van der Waals surface area contributed by atoms with Crippen molar-refractivity contribution in [1.82, 2.24) is 4.31 Å². The molecule has 0 aromatic carbocycles. The third-order valence-electron chi connectivity index (χ3n) is 3.72. The van der Waals surface area contributed by atoms with E-state index in [1.54, 1.807) is 0 Å². The number of thiophene rings is 1. The highest BCUT2D eigenvalue weighted by atomic mass is 32.2. The normalized spacial score (nSPS) is 26.0. The largest absolute Gasteiger partial charge is 0.374 e. The van der Waals surface area contributed by atoms with E-state index in [1.165, 1.54) is 11.4 Å². The van der Waals surface area contributed by atoms with Gasteiger partial charge in [0.2, 0.25) is 0 Å². The monoisotopic (exact) mass is 333 g/mol. The third-order valence-corrected chi connectivity index (χ3v) is 7.14. The summed E-state index contributed by atoms with van der Waals surface area (Å²) in [5.74, 6) is 0. The number of rotatable bonds is 4. The molecule has 10 heteroatoms. The molecule has 0 saturated carbocycles. The zero-order valence-electron chi connectivity index (χ0n) is 11.3. The summed E-state index contributed by atoms with van der Waals surface area (Å²) >= 11 is 0.888. The summed E-state index contributed by atoms with van der Waals surface area (Å²) in [5, 5.41) is 13.9. The van der Waals surface area contributed by atoms with Gasteiger partial charge in [-0.3, -0.25) is 10.1 Å². The van der Waals surface area contributed by atoms with E-state index in [0.29, 0.717) is 13.1 Å². The quantitative estimate of drug-likeness (QED) is 0.657. The molecule has 0 aliphatic carbocycles. The summed E-state index contributed by atoms with van der Waals surface area (Å²) in [6, 6.07) is 1.13. The first-order chi connectivity index (χ1) is 9.91. The Kier molecular flexibility index (Phi) is 3.64. The molecule has 2 aliphatic rings. The SMILES string of the molecule is CNc1sc(S(=O)(=O)N2CC3CCC(C2)O3)cc1[N+](=O)[O-]. The highest BCUT2D eigenvalue weighted by Crippen LogP contribution is 2.39. The van der Waals surface area contributed by atoms with E-state index >= 15 is 0 Å². The van der Waals surface area contributed by atoms with Gasteiger partial charge in [-0.05, 0) is 12.8 Å². The average Bonchev–Trinajstić information content (AvgIpc) is 3.02. The molecule has 2 saturated heterocycles. The van der Waals surface area contributed by atoms with Crippen LogP contribution < -0.4 is 5.32 Å². The van der Waals surface area contributed by atoms with Gasteiger partial charge in [-0.1, -0.05) is 11.3 Å². The van der Waals surface area contributed by atoms with Crippen molar-refractivity contribution in [2.75, 3.05) is 25.5 Å². The molecule has 2 bridgehead atoms. The molecule has 0 amide bonds. The van der Waals surface area contributed by atoms with Crippen LogP contribution in [-0.2, 0) is 14.8 Å². The van der Waals surface area contributed by atoms with Crippen LogP contribution in [0.15, 0.2) is 10.3 Å². The summed E-state index contributed by atoms with van der Waals surface area (Å²) in [5.41, 5.74) is -0.211. The lowest BCUT2D eigenvalue weighted by Gasteiger charge is -2.30. The maximum absolute atomic E-state index is 12.6. The molecule has 8 nitrogen and oxygen atoms in total. The van der Waals surface area contributed by atoms with E-state index in [9.17, 15) is 18.5 Å². The Hall–Kier alpha value is -1.23. The number of nitrogens with zero attached hydrogens (tertiary/aromatic N) is 2. The van der Waals surface area contributed by atoms with Gasteiger partial charge in [-0.15, -0.1) is 0 Å². The van der Waals surface area contributed by atoms with Crippen LogP contribution in [0.1, 0.15) is 12.8 Å². The maximum atomic E-state index is 12.6. The molecular formula is C11H15N3O5S2. The molecule has 2 atom stereocenters. The summed E-state index contributed by atoms with van der Waals surface area (Å²) in [6.07, 6.45) is 1.61. The van der Waals surface area contributed by atoms with Crippen molar-refractivity contribution in [3.63, 3.8) is 0 Å². The number of nitro groups is 1. The van der Waals surface area contributed by atoms with Crippen molar-refractivity contribution in [1.29, 1.82) is 0 Å². The summed E-state index contributed by atoms with van der Waals surface area (Å²) in [6.45, 7) is 0.638. The van der Waals surface area contributed by atoms with Crippen LogP contribution in [0.3, 0.4) is 0 Å². The fourth-order valence-corrected chi connectivity index (χ4v) is 5.64. The van der Waals surface area contributed by atoms with Gasteiger partial charge in [0.05, 0.1) is 17.1 Å². The molecule has 2 fully saturated rings. The number of sulfonamides is 1. The van der Waals surface area contributed by atoms with Crippen LogP contribution in [0.4, 0.5) is 10.7 Å². The van der Waals surface area contributed by atoms with Crippen molar-refractivity contribution < 1.29 is 18.1 Å². The summed E-state index contributed by atoms with van der Waals surface area (Å²) < 4.78 is 32.3. The van der Waals surface area contributed by atoms with E-state index in [-0.39, 0.29) is 27.1 Å². The lowest BCUT2D eigenvalue weighted by molar-refractivity contribution is -0.383. The fourth-order valence-electron chi connectivity index (χ4n) is 2.70. The van der Waals surface area contributed by atoms with Crippen molar-refractivity contribution in [2.45, 2.75) is 29.3 Å². The number of nitrogens with one attached hydrogen (secondary N) is 1. The number of anilines is 1. The molecule has 3 heterocycles. The van der Waals surface area contributed by atoms with Crippen LogP contribution in [0.25, 0.3) is 0 Å². The lowest BCUT2D eigenvalue weighted by atomic mass is 10.2.